The number of amides is 1. The van der Waals surface area contributed by atoms with Crippen molar-refractivity contribution in [3.63, 3.8) is 0 Å². The largest absolute Gasteiger partial charge is 0.355 e. The first-order valence-electron chi connectivity index (χ1n) is 11.9. The Morgan fingerprint density at radius 2 is 1.89 bits per heavy atom. The summed E-state index contributed by atoms with van der Waals surface area (Å²) in [6, 6.07) is 13.6. The molecule has 2 unspecified atom stereocenters. The topological polar surface area (TPSA) is 82.2 Å². The lowest BCUT2D eigenvalue weighted by Crippen LogP contribution is -2.29. The molecule has 0 radical (unpaired) electrons. The van der Waals surface area contributed by atoms with E-state index in [9.17, 15) is 9.18 Å². The first-order valence-corrected chi connectivity index (χ1v) is 12.2. The first-order chi connectivity index (χ1) is 17.1. The standard InChI is InChI=1S/C26H28ClFN6O/c1-29-25(35)20-4-2-3-5-23(20)32-24-22(27)13-30-26(33-24)31-18-8-9-19-16-6-7-17(21(19)12-18)15-34(14-16)11-10-28/h2-5,8-9,12-13,16-17H,6-7,10-11,14-15H2,1H3,(H,29,35)(H2,30,31,32,33). The summed E-state index contributed by atoms with van der Waals surface area (Å²) in [4.78, 5) is 23.4. The number of aromatic nitrogens is 2. The zero-order valence-electron chi connectivity index (χ0n) is 19.5. The van der Waals surface area contributed by atoms with Gasteiger partial charge in [0.1, 0.15) is 11.7 Å². The number of alkyl halides is 1. The molecule has 1 aliphatic carbocycles. The minimum atomic E-state index is -0.305. The molecule has 2 aromatic carbocycles. The van der Waals surface area contributed by atoms with E-state index in [1.54, 1.807) is 25.2 Å². The minimum absolute atomic E-state index is 0.207. The summed E-state index contributed by atoms with van der Waals surface area (Å²) >= 11 is 6.36. The molecule has 2 atom stereocenters. The molecule has 2 aliphatic heterocycles. The molecule has 0 spiro atoms. The number of rotatable bonds is 7. The van der Waals surface area contributed by atoms with Crippen molar-refractivity contribution in [3.8, 4) is 0 Å². The SMILES string of the molecule is CNC(=O)c1ccccc1Nc1nc(Nc2ccc3c(c2)C2CCC3CN(CCF)C2)ncc1Cl. The van der Waals surface area contributed by atoms with Gasteiger partial charge in [-0.15, -0.1) is 0 Å². The van der Waals surface area contributed by atoms with Crippen LogP contribution >= 0.6 is 11.6 Å². The third-order valence-electron chi connectivity index (χ3n) is 6.84. The van der Waals surface area contributed by atoms with Gasteiger partial charge in [0.15, 0.2) is 5.82 Å². The molecular weight excluding hydrogens is 467 g/mol. The molecule has 3 N–H and O–H groups in total. The van der Waals surface area contributed by atoms with Gasteiger partial charge in [-0.2, -0.15) is 4.98 Å². The fraction of sp³-hybridized carbons (Fsp3) is 0.346. The number of nitrogens with zero attached hydrogens (tertiary/aromatic N) is 3. The van der Waals surface area contributed by atoms with Gasteiger partial charge in [-0.25, -0.2) is 9.37 Å². The number of para-hydroxylation sites is 1. The summed E-state index contributed by atoms with van der Waals surface area (Å²) in [5.74, 6) is 1.44. The predicted molar refractivity (Wildman–Crippen MR) is 137 cm³/mol. The number of carbonyl (C=O) groups excluding carboxylic acids is 1. The van der Waals surface area contributed by atoms with Crippen LogP contribution < -0.4 is 16.0 Å². The van der Waals surface area contributed by atoms with E-state index in [0.717, 1.165) is 31.6 Å². The quantitative estimate of drug-likeness (QED) is 0.417. The Morgan fingerprint density at radius 1 is 1.11 bits per heavy atom. The fourth-order valence-electron chi connectivity index (χ4n) is 5.17. The Kier molecular flexibility index (Phi) is 6.83. The van der Waals surface area contributed by atoms with Gasteiger partial charge in [0, 0.05) is 32.4 Å². The van der Waals surface area contributed by atoms with Crippen molar-refractivity contribution in [2.24, 2.45) is 0 Å². The molecule has 9 heteroatoms. The maximum Gasteiger partial charge on any atom is 0.253 e. The predicted octanol–water partition coefficient (Wildman–Crippen LogP) is 5.22. The molecule has 1 saturated heterocycles. The van der Waals surface area contributed by atoms with Gasteiger partial charge in [0.25, 0.3) is 5.91 Å². The maximum atomic E-state index is 13.0. The van der Waals surface area contributed by atoms with Gasteiger partial charge in [0.05, 0.1) is 17.4 Å². The highest BCUT2D eigenvalue weighted by Crippen LogP contribution is 2.44. The molecule has 7 nitrogen and oxygen atoms in total. The highest BCUT2D eigenvalue weighted by Gasteiger charge is 2.33. The van der Waals surface area contributed by atoms with Crippen LogP contribution in [-0.4, -0.2) is 54.1 Å². The van der Waals surface area contributed by atoms with E-state index in [2.05, 4.69) is 43.0 Å². The average Bonchev–Trinajstić information content (AvgIpc) is 3.16. The Labute approximate surface area is 209 Å². The molecule has 3 aromatic rings. The third-order valence-corrected chi connectivity index (χ3v) is 7.12. The van der Waals surface area contributed by atoms with E-state index >= 15 is 0 Å². The van der Waals surface area contributed by atoms with Crippen molar-refractivity contribution in [3.05, 3.63) is 70.4 Å². The van der Waals surface area contributed by atoms with Crippen LogP contribution in [0.1, 0.15) is 46.2 Å². The maximum absolute atomic E-state index is 13.0. The van der Waals surface area contributed by atoms with Crippen LogP contribution in [0.2, 0.25) is 5.02 Å². The zero-order chi connectivity index (χ0) is 24.4. The first kappa shape index (κ1) is 23.5. The second-order valence-corrected chi connectivity index (χ2v) is 9.44. The molecule has 182 valence electrons. The van der Waals surface area contributed by atoms with Gasteiger partial charge in [0.2, 0.25) is 5.95 Å². The van der Waals surface area contributed by atoms with Crippen molar-refractivity contribution in [2.45, 2.75) is 24.7 Å². The lowest BCUT2D eigenvalue weighted by Gasteiger charge is -2.27. The van der Waals surface area contributed by atoms with Gasteiger partial charge >= 0.3 is 0 Å². The third kappa shape index (κ3) is 4.94. The van der Waals surface area contributed by atoms with Crippen molar-refractivity contribution < 1.29 is 9.18 Å². The highest BCUT2D eigenvalue weighted by molar-refractivity contribution is 6.33. The molecule has 2 bridgehead atoms. The summed E-state index contributed by atoms with van der Waals surface area (Å²) in [5.41, 5.74) is 4.68. The van der Waals surface area contributed by atoms with Crippen LogP contribution in [0.25, 0.3) is 0 Å². The zero-order valence-corrected chi connectivity index (χ0v) is 20.3. The van der Waals surface area contributed by atoms with Crippen LogP contribution in [0.4, 0.5) is 27.5 Å². The lowest BCUT2D eigenvalue weighted by atomic mass is 9.78. The number of halogens is 2. The van der Waals surface area contributed by atoms with Crippen LogP contribution in [0, 0.1) is 0 Å². The molecule has 0 saturated carbocycles. The molecule has 3 heterocycles. The van der Waals surface area contributed by atoms with Crippen molar-refractivity contribution in [1.29, 1.82) is 0 Å². The smallest absolute Gasteiger partial charge is 0.253 e. The molecule has 35 heavy (non-hydrogen) atoms. The number of hydrogen-bond acceptors (Lipinski definition) is 6. The number of carbonyl (C=O) groups is 1. The van der Waals surface area contributed by atoms with Gasteiger partial charge in [-0.3, -0.25) is 9.69 Å². The van der Waals surface area contributed by atoms with E-state index in [1.807, 2.05) is 12.1 Å². The van der Waals surface area contributed by atoms with Crippen molar-refractivity contribution in [1.82, 2.24) is 20.2 Å². The second-order valence-electron chi connectivity index (χ2n) is 9.03. The number of fused-ring (bicyclic) bond motifs is 3. The Balaban J connectivity index is 1.38. The summed E-state index contributed by atoms with van der Waals surface area (Å²) < 4.78 is 13.0. The Hall–Kier alpha value is -3.23. The van der Waals surface area contributed by atoms with Crippen molar-refractivity contribution >= 4 is 40.6 Å². The van der Waals surface area contributed by atoms with Crippen LogP contribution in [0.3, 0.4) is 0 Å². The molecule has 1 amide bonds. The summed E-state index contributed by atoms with van der Waals surface area (Å²) in [6.07, 6.45) is 3.81. The number of hydrogen-bond donors (Lipinski definition) is 3. The summed E-state index contributed by atoms with van der Waals surface area (Å²) in [6.45, 7) is 2.02. The van der Waals surface area contributed by atoms with Crippen LogP contribution in [-0.2, 0) is 0 Å². The minimum Gasteiger partial charge on any atom is -0.355 e. The number of nitrogens with one attached hydrogen (secondary N) is 3. The van der Waals surface area contributed by atoms with E-state index in [1.165, 1.54) is 17.3 Å². The van der Waals surface area contributed by atoms with Crippen LogP contribution in [0.15, 0.2) is 48.7 Å². The Bertz CT molecular complexity index is 1240. The van der Waals surface area contributed by atoms with E-state index in [4.69, 9.17) is 11.6 Å². The monoisotopic (exact) mass is 494 g/mol. The van der Waals surface area contributed by atoms with Gasteiger partial charge in [-0.05, 0) is 60.1 Å². The average molecular weight is 495 g/mol. The molecule has 6 rings (SSSR count). The highest BCUT2D eigenvalue weighted by atomic mass is 35.5. The van der Waals surface area contributed by atoms with Crippen LogP contribution in [0.5, 0.6) is 0 Å². The molecular formula is C26H28ClFN6O. The summed E-state index contributed by atoms with van der Waals surface area (Å²) in [5, 5.41) is 9.44. The molecule has 3 aliphatic rings. The van der Waals surface area contributed by atoms with Crippen molar-refractivity contribution in [2.75, 3.05) is 44.0 Å². The normalized spacial score (nSPS) is 19.1. The van der Waals surface area contributed by atoms with E-state index in [0.29, 0.717) is 46.4 Å². The fourth-order valence-corrected chi connectivity index (χ4v) is 5.31. The lowest BCUT2D eigenvalue weighted by molar-refractivity contribution is 0.0964. The van der Waals surface area contributed by atoms with E-state index in [-0.39, 0.29) is 12.6 Å². The molecule has 1 aromatic heterocycles. The Morgan fingerprint density at radius 3 is 2.66 bits per heavy atom. The summed E-state index contributed by atoms with van der Waals surface area (Å²) in [7, 11) is 1.59. The molecule has 1 fully saturated rings. The van der Waals surface area contributed by atoms with Gasteiger partial charge in [-0.1, -0.05) is 29.8 Å². The van der Waals surface area contributed by atoms with Gasteiger partial charge < -0.3 is 16.0 Å². The number of benzene rings is 2. The number of anilines is 4. The second kappa shape index (κ2) is 10.2. The van der Waals surface area contributed by atoms with E-state index < -0.39 is 0 Å².